The van der Waals surface area contributed by atoms with E-state index < -0.39 is 0 Å². The molecule has 2 aromatic rings. The third-order valence-electron chi connectivity index (χ3n) is 6.28. The molecule has 3 aliphatic rings. The zero-order chi connectivity index (χ0) is 19.7. The van der Waals surface area contributed by atoms with Gasteiger partial charge in [0, 0.05) is 19.7 Å². The number of ether oxygens (including phenoxy) is 5. The van der Waals surface area contributed by atoms with Crippen molar-refractivity contribution in [2.24, 2.45) is 0 Å². The minimum Gasteiger partial charge on any atom is -0.486 e. The lowest BCUT2D eigenvalue weighted by Crippen LogP contribution is -2.46. The van der Waals surface area contributed by atoms with Crippen LogP contribution < -0.4 is 24.3 Å². The zero-order valence-corrected chi connectivity index (χ0v) is 16.7. The second-order valence-electron chi connectivity index (χ2n) is 7.95. The summed E-state index contributed by atoms with van der Waals surface area (Å²) in [5, 5.41) is 3.67. The van der Waals surface area contributed by atoms with Crippen molar-refractivity contribution < 1.29 is 23.7 Å². The summed E-state index contributed by atoms with van der Waals surface area (Å²) in [6.45, 7) is 1.65. The standard InChI is InChI=1S/C23H27NO5/c1-25-23(16-6-7-20-22(12-16)28-15-27-20)10-8-17(9-11-23)24-13-18-14-26-19-4-2-3-5-21(19)29-18/h2-7,12,17-18,24H,8-11,13-15H2,1H3/t17-,18?,23+. The highest BCUT2D eigenvalue weighted by atomic mass is 16.7. The van der Waals surface area contributed by atoms with Crippen molar-refractivity contribution in [1.29, 1.82) is 0 Å². The fourth-order valence-corrected chi connectivity index (χ4v) is 4.54. The van der Waals surface area contributed by atoms with Crippen LogP contribution in [0.5, 0.6) is 23.0 Å². The van der Waals surface area contributed by atoms with Gasteiger partial charge in [-0.05, 0) is 55.5 Å². The van der Waals surface area contributed by atoms with Gasteiger partial charge < -0.3 is 29.0 Å². The number of hydrogen-bond acceptors (Lipinski definition) is 6. The van der Waals surface area contributed by atoms with Gasteiger partial charge in [-0.3, -0.25) is 0 Å². The molecule has 0 amide bonds. The molecular formula is C23H27NO5. The van der Waals surface area contributed by atoms with E-state index in [0.29, 0.717) is 19.4 Å². The Hall–Kier alpha value is -2.44. The van der Waals surface area contributed by atoms with E-state index in [9.17, 15) is 0 Å². The molecule has 0 radical (unpaired) electrons. The van der Waals surface area contributed by atoms with Gasteiger partial charge in [-0.2, -0.15) is 0 Å². The van der Waals surface area contributed by atoms with E-state index >= 15 is 0 Å². The Balaban J connectivity index is 1.17. The van der Waals surface area contributed by atoms with Crippen LogP contribution in [0.3, 0.4) is 0 Å². The third kappa shape index (κ3) is 3.63. The number of hydrogen-bond donors (Lipinski definition) is 1. The summed E-state index contributed by atoms with van der Waals surface area (Å²) in [7, 11) is 1.81. The quantitative estimate of drug-likeness (QED) is 0.832. The molecular weight excluding hydrogens is 370 g/mol. The number of fused-ring (bicyclic) bond motifs is 2. The molecule has 1 N–H and O–H groups in total. The molecule has 29 heavy (non-hydrogen) atoms. The highest BCUT2D eigenvalue weighted by Gasteiger charge is 2.38. The fraction of sp³-hybridized carbons (Fsp3) is 0.478. The second-order valence-corrected chi connectivity index (χ2v) is 7.95. The first-order chi connectivity index (χ1) is 14.3. The topological polar surface area (TPSA) is 58.2 Å². The highest BCUT2D eigenvalue weighted by Crippen LogP contribution is 2.44. The van der Waals surface area contributed by atoms with Gasteiger partial charge in [-0.15, -0.1) is 0 Å². The lowest BCUT2D eigenvalue weighted by Gasteiger charge is -2.40. The molecule has 6 nitrogen and oxygen atoms in total. The van der Waals surface area contributed by atoms with Gasteiger partial charge in [0.25, 0.3) is 0 Å². The molecule has 5 rings (SSSR count). The van der Waals surface area contributed by atoms with E-state index in [4.69, 9.17) is 23.7 Å². The van der Waals surface area contributed by atoms with Crippen molar-refractivity contribution >= 4 is 0 Å². The molecule has 0 saturated heterocycles. The van der Waals surface area contributed by atoms with E-state index in [1.54, 1.807) is 0 Å². The Bertz CT molecular complexity index is 862. The Morgan fingerprint density at radius 3 is 2.55 bits per heavy atom. The van der Waals surface area contributed by atoms with Gasteiger partial charge in [0.05, 0.1) is 5.60 Å². The first-order valence-electron chi connectivity index (χ1n) is 10.3. The maximum absolute atomic E-state index is 6.06. The van der Waals surface area contributed by atoms with Crippen molar-refractivity contribution in [2.75, 3.05) is 27.1 Å². The van der Waals surface area contributed by atoms with Crippen molar-refractivity contribution in [3.8, 4) is 23.0 Å². The molecule has 2 aliphatic heterocycles. The zero-order valence-electron chi connectivity index (χ0n) is 16.7. The van der Waals surface area contributed by atoms with Gasteiger partial charge in [-0.1, -0.05) is 18.2 Å². The molecule has 154 valence electrons. The molecule has 0 bridgehead atoms. The summed E-state index contributed by atoms with van der Waals surface area (Å²) in [6, 6.07) is 14.5. The highest BCUT2D eigenvalue weighted by molar-refractivity contribution is 5.46. The summed E-state index contributed by atoms with van der Waals surface area (Å²) in [6.07, 6.45) is 4.06. The van der Waals surface area contributed by atoms with Crippen LogP contribution in [0, 0.1) is 0 Å². The van der Waals surface area contributed by atoms with Crippen molar-refractivity contribution in [3.05, 3.63) is 48.0 Å². The minimum absolute atomic E-state index is 0.0351. The molecule has 1 fully saturated rings. The van der Waals surface area contributed by atoms with Crippen LogP contribution in [0.25, 0.3) is 0 Å². The number of benzene rings is 2. The van der Waals surface area contributed by atoms with E-state index in [-0.39, 0.29) is 11.7 Å². The van der Waals surface area contributed by atoms with Gasteiger partial charge in [-0.25, -0.2) is 0 Å². The van der Waals surface area contributed by atoms with Crippen molar-refractivity contribution in [2.45, 2.75) is 43.4 Å². The van der Waals surface area contributed by atoms with E-state index in [0.717, 1.165) is 55.2 Å². The van der Waals surface area contributed by atoms with Crippen LogP contribution in [0.1, 0.15) is 31.2 Å². The number of para-hydroxylation sites is 2. The molecule has 1 atom stereocenters. The Kier molecular flexibility index (Phi) is 4.97. The summed E-state index contributed by atoms with van der Waals surface area (Å²) in [5.41, 5.74) is 0.908. The maximum atomic E-state index is 6.06. The molecule has 0 aromatic heterocycles. The Morgan fingerprint density at radius 1 is 0.966 bits per heavy atom. The second kappa shape index (κ2) is 7.76. The molecule has 1 saturated carbocycles. The van der Waals surface area contributed by atoms with Crippen LogP contribution in [-0.2, 0) is 10.3 Å². The summed E-state index contributed by atoms with van der Waals surface area (Å²) in [4.78, 5) is 0. The lowest BCUT2D eigenvalue weighted by atomic mass is 9.77. The Morgan fingerprint density at radius 2 is 1.72 bits per heavy atom. The number of nitrogens with one attached hydrogen (secondary N) is 1. The first-order valence-corrected chi connectivity index (χ1v) is 10.3. The predicted molar refractivity (Wildman–Crippen MR) is 108 cm³/mol. The SMILES string of the molecule is CO[C@]1(c2ccc3c(c2)OCO3)CC[C@H](NCC2COc3ccccc3O2)CC1. The van der Waals surface area contributed by atoms with Gasteiger partial charge in [0.15, 0.2) is 23.0 Å². The van der Waals surface area contributed by atoms with E-state index in [1.165, 1.54) is 5.56 Å². The first kappa shape index (κ1) is 18.6. The predicted octanol–water partition coefficient (Wildman–Crippen LogP) is 3.63. The minimum atomic E-state index is -0.261. The van der Waals surface area contributed by atoms with Crippen LogP contribution in [-0.4, -0.2) is 39.2 Å². The lowest BCUT2D eigenvalue weighted by molar-refractivity contribution is -0.0508. The summed E-state index contributed by atoms with van der Waals surface area (Å²) in [5.74, 6) is 3.28. The third-order valence-corrected chi connectivity index (χ3v) is 6.28. The molecule has 2 heterocycles. The number of rotatable bonds is 5. The van der Waals surface area contributed by atoms with E-state index in [2.05, 4.69) is 17.4 Å². The fourth-order valence-electron chi connectivity index (χ4n) is 4.54. The van der Waals surface area contributed by atoms with Crippen molar-refractivity contribution in [1.82, 2.24) is 5.32 Å². The molecule has 6 heteroatoms. The van der Waals surface area contributed by atoms with Crippen LogP contribution in [0.15, 0.2) is 42.5 Å². The summed E-state index contributed by atoms with van der Waals surface area (Å²) < 4.78 is 28.9. The maximum Gasteiger partial charge on any atom is 0.231 e. The van der Waals surface area contributed by atoms with Crippen LogP contribution >= 0.6 is 0 Å². The average molecular weight is 397 g/mol. The van der Waals surface area contributed by atoms with Gasteiger partial charge >= 0.3 is 0 Å². The monoisotopic (exact) mass is 397 g/mol. The van der Waals surface area contributed by atoms with E-state index in [1.807, 2.05) is 37.4 Å². The normalized spacial score (nSPS) is 27.6. The average Bonchev–Trinajstić information content (AvgIpc) is 3.26. The van der Waals surface area contributed by atoms with Crippen LogP contribution in [0.2, 0.25) is 0 Å². The van der Waals surface area contributed by atoms with Crippen molar-refractivity contribution in [3.63, 3.8) is 0 Å². The molecule has 0 spiro atoms. The van der Waals surface area contributed by atoms with Gasteiger partial charge in [0.1, 0.15) is 12.7 Å². The summed E-state index contributed by atoms with van der Waals surface area (Å²) >= 11 is 0. The molecule has 1 aliphatic carbocycles. The van der Waals surface area contributed by atoms with Crippen LogP contribution in [0.4, 0.5) is 0 Å². The number of methoxy groups -OCH3 is 1. The Labute approximate surface area is 171 Å². The molecule has 1 unspecified atom stereocenters. The molecule has 2 aromatic carbocycles. The van der Waals surface area contributed by atoms with Gasteiger partial charge in [0.2, 0.25) is 6.79 Å². The smallest absolute Gasteiger partial charge is 0.231 e. The largest absolute Gasteiger partial charge is 0.486 e.